The molecule has 2 bridgehead atoms. The molecule has 102 valence electrons. The van der Waals surface area contributed by atoms with Crippen molar-refractivity contribution in [3.8, 4) is 0 Å². The number of ether oxygens (including phenoxy) is 1. The maximum absolute atomic E-state index is 12.7. The molecule has 0 N–H and O–H groups in total. The van der Waals surface area contributed by atoms with Crippen LogP contribution in [0.1, 0.15) is 28.9 Å². The van der Waals surface area contributed by atoms with E-state index in [1.165, 1.54) is 0 Å². The number of aryl methyl sites for hydroxylation is 1. The number of piperidine rings is 1. The fraction of sp³-hybridized carbons (Fsp3) is 0.600. The van der Waals surface area contributed by atoms with Gasteiger partial charge in [-0.25, -0.2) is 0 Å². The summed E-state index contributed by atoms with van der Waals surface area (Å²) in [4.78, 5) is 19.3. The molecule has 0 aromatic carbocycles. The van der Waals surface area contributed by atoms with Crippen LogP contribution in [0.2, 0.25) is 0 Å². The number of carbonyl (C=O) groups is 1. The Hall–Kier alpha value is -1.26. The van der Waals surface area contributed by atoms with Crippen LogP contribution in [0.5, 0.6) is 0 Å². The smallest absolute Gasteiger partial charge is 0.167 e. The number of Topliss-reactive ketones (excluding diaryl/α,β-unsaturated/α-hetero) is 1. The van der Waals surface area contributed by atoms with E-state index in [-0.39, 0.29) is 11.7 Å². The lowest BCUT2D eigenvalue weighted by atomic mass is 9.81. The Labute approximate surface area is 113 Å². The van der Waals surface area contributed by atoms with E-state index in [0.29, 0.717) is 12.1 Å². The van der Waals surface area contributed by atoms with Gasteiger partial charge in [-0.2, -0.15) is 0 Å². The van der Waals surface area contributed by atoms with Crippen LogP contribution < -0.4 is 0 Å². The minimum absolute atomic E-state index is 0.123. The van der Waals surface area contributed by atoms with Gasteiger partial charge in [0, 0.05) is 35.5 Å². The highest BCUT2D eigenvalue weighted by Gasteiger charge is 2.39. The number of carbonyl (C=O) groups excluding carboxylic acids is 1. The Bertz CT molecular complexity index is 475. The molecule has 19 heavy (non-hydrogen) atoms. The summed E-state index contributed by atoms with van der Waals surface area (Å²) in [5.74, 6) is 0.383. The number of likely N-dealkylation sites (N-methyl/N-ethyl adjacent to an activating group) is 1. The summed E-state index contributed by atoms with van der Waals surface area (Å²) in [7, 11) is 2.15. The Kier molecular flexibility index (Phi) is 3.37. The number of nitrogens with zero attached hydrogens (tertiary/aromatic N) is 2. The largest absolute Gasteiger partial charge is 0.378 e. The van der Waals surface area contributed by atoms with E-state index < -0.39 is 0 Å². The number of aromatic nitrogens is 1. The number of pyridine rings is 1. The first kappa shape index (κ1) is 12.8. The van der Waals surface area contributed by atoms with Gasteiger partial charge >= 0.3 is 0 Å². The molecule has 2 fully saturated rings. The van der Waals surface area contributed by atoms with Crippen molar-refractivity contribution in [2.24, 2.45) is 5.92 Å². The quantitative estimate of drug-likeness (QED) is 0.759. The molecule has 0 spiro atoms. The van der Waals surface area contributed by atoms with Gasteiger partial charge in [-0.15, -0.1) is 0 Å². The average molecular weight is 260 g/mol. The zero-order valence-electron chi connectivity index (χ0n) is 11.5. The third-order valence-corrected chi connectivity index (χ3v) is 4.53. The molecule has 2 unspecified atom stereocenters. The Morgan fingerprint density at radius 3 is 2.68 bits per heavy atom. The molecule has 1 aromatic heterocycles. The van der Waals surface area contributed by atoms with Crippen LogP contribution in [0, 0.1) is 12.8 Å². The lowest BCUT2D eigenvalue weighted by molar-refractivity contribution is -0.0702. The first-order chi connectivity index (χ1) is 9.16. The molecular weight excluding hydrogens is 240 g/mol. The lowest BCUT2D eigenvalue weighted by Gasteiger charge is -2.46. The summed E-state index contributed by atoms with van der Waals surface area (Å²) in [6, 6.07) is 4.52. The predicted octanol–water partition coefficient (Wildman–Crippen LogP) is 1.68. The highest BCUT2D eigenvalue weighted by Crippen LogP contribution is 2.32. The Morgan fingerprint density at radius 2 is 2.05 bits per heavy atom. The zero-order valence-corrected chi connectivity index (χ0v) is 11.5. The third kappa shape index (κ3) is 2.30. The van der Waals surface area contributed by atoms with E-state index in [4.69, 9.17) is 4.74 Å². The third-order valence-electron chi connectivity index (χ3n) is 4.53. The number of ketones is 1. The predicted molar refractivity (Wildman–Crippen MR) is 72.2 cm³/mol. The summed E-state index contributed by atoms with van der Waals surface area (Å²) in [6.45, 7) is 3.41. The monoisotopic (exact) mass is 260 g/mol. The molecule has 2 aliphatic rings. The van der Waals surface area contributed by atoms with E-state index in [1.54, 1.807) is 6.20 Å². The second-order valence-electron chi connectivity index (χ2n) is 5.68. The normalized spacial score (nSPS) is 31.2. The van der Waals surface area contributed by atoms with Crippen molar-refractivity contribution in [3.05, 3.63) is 29.6 Å². The molecule has 4 heteroatoms. The first-order valence-electron chi connectivity index (χ1n) is 6.92. The molecule has 0 amide bonds. The topological polar surface area (TPSA) is 42.4 Å². The fourth-order valence-electron chi connectivity index (χ4n) is 3.27. The van der Waals surface area contributed by atoms with Gasteiger partial charge in [0.2, 0.25) is 0 Å². The summed E-state index contributed by atoms with van der Waals surface area (Å²) in [6.07, 6.45) is 3.55. The van der Waals surface area contributed by atoms with Gasteiger partial charge in [-0.05, 0) is 38.9 Å². The number of hydrogen-bond donors (Lipinski definition) is 0. The van der Waals surface area contributed by atoms with Gasteiger partial charge in [0.05, 0.1) is 13.2 Å². The molecule has 3 rings (SSSR count). The van der Waals surface area contributed by atoms with Gasteiger partial charge in [-0.3, -0.25) is 14.7 Å². The molecule has 4 nitrogen and oxygen atoms in total. The fourth-order valence-corrected chi connectivity index (χ4v) is 3.27. The molecule has 1 aromatic rings. The molecule has 0 aliphatic carbocycles. The van der Waals surface area contributed by atoms with Crippen molar-refractivity contribution in [3.63, 3.8) is 0 Å². The van der Waals surface area contributed by atoms with Crippen LogP contribution in [0.15, 0.2) is 18.3 Å². The van der Waals surface area contributed by atoms with Crippen LogP contribution in [-0.4, -0.2) is 48.0 Å². The van der Waals surface area contributed by atoms with Gasteiger partial charge in [0.15, 0.2) is 5.78 Å². The molecule has 3 heterocycles. The standard InChI is InChI=1S/C15H20N2O2/c1-10-14(4-3-5-16-10)15(18)11-6-12-8-19-9-13(7-11)17(12)2/h3-5,11-13H,6-9H2,1-2H3. The maximum Gasteiger partial charge on any atom is 0.167 e. The second kappa shape index (κ2) is 5.02. The molecule has 0 saturated carbocycles. The number of morpholine rings is 1. The van der Waals surface area contributed by atoms with Crippen LogP contribution in [0.4, 0.5) is 0 Å². The number of hydrogen-bond acceptors (Lipinski definition) is 4. The SMILES string of the molecule is Cc1ncccc1C(=O)C1CC2COCC(C1)N2C. The van der Waals surface area contributed by atoms with Crippen LogP contribution >= 0.6 is 0 Å². The van der Waals surface area contributed by atoms with E-state index in [1.807, 2.05) is 19.1 Å². The lowest BCUT2D eigenvalue weighted by Crippen LogP contribution is -2.55. The second-order valence-corrected chi connectivity index (χ2v) is 5.68. The van der Waals surface area contributed by atoms with Gasteiger partial charge in [0.1, 0.15) is 0 Å². The van der Waals surface area contributed by atoms with E-state index in [2.05, 4.69) is 16.9 Å². The summed E-state index contributed by atoms with van der Waals surface area (Å²) in [5, 5.41) is 0. The summed E-state index contributed by atoms with van der Waals surface area (Å²) >= 11 is 0. The van der Waals surface area contributed by atoms with Crippen molar-refractivity contribution < 1.29 is 9.53 Å². The van der Waals surface area contributed by atoms with E-state index >= 15 is 0 Å². The Balaban J connectivity index is 1.80. The molecule has 0 radical (unpaired) electrons. The summed E-state index contributed by atoms with van der Waals surface area (Å²) in [5.41, 5.74) is 1.63. The average Bonchev–Trinajstić information content (AvgIpc) is 2.38. The van der Waals surface area contributed by atoms with Crippen molar-refractivity contribution in [1.82, 2.24) is 9.88 Å². The molecular formula is C15H20N2O2. The van der Waals surface area contributed by atoms with Gasteiger partial charge in [0.25, 0.3) is 0 Å². The zero-order chi connectivity index (χ0) is 13.4. The number of fused-ring (bicyclic) bond motifs is 2. The van der Waals surface area contributed by atoms with Crippen LogP contribution in [0.3, 0.4) is 0 Å². The van der Waals surface area contributed by atoms with Crippen molar-refractivity contribution in [2.45, 2.75) is 31.8 Å². The summed E-state index contributed by atoms with van der Waals surface area (Å²) < 4.78 is 5.60. The van der Waals surface area contributed by atoms with Crippen molar-refractivity contribution >= 4 is 5.78 Å². The highest BCUT2D eigenvalue weighted by atomic mass is 16.5. The number of rotatable bonds is 2. The minimum atomic E-state index is 0.123. The molecule has 2 saturated heterocycles. The minimum Gasteiger partial charge on any atom is -0.378 e. The molecule has 2 aliphatic heterocycles. The molecule has 2 atom stereocenters. The van der Waals surface area contributed by atoms with E-state index in [0.717, 1.165) is 37.3 Å². The maximum atomic E-state index is 12.7. The van der Waals surface area contributed by atoms with Gasteiger partial charge in [-0.1, -0.05) is 0 Å². The van der Waals surface area contributed by atoms with Crippen molar-refractivity contribution in [1.29, 1.82) is 0 Å². The van der Waals surface area contributed by atoms with Gasteiger partial charge < -0.3 is 4.74 Å². The van der Waals surface area contributed by atoms with Crippen LogP contribution in [-0.2, 0) is 4.74 Å². The van der Waals surface area contributed by atoms with Crippen molar-refractivity contribution in [2.75, 3.05) is 20.3 Å². The first-order valence-corrected chi connectivity index (χ1v) is 6.92. The van der Waals surface area contributed by atoms with Crippen LogP contribution in [0.25, 0.3) is 0 Å². The Morgan fingerprint density at radius 1 is 1.37 bits per heavy atom. The van der Waals surface area contributed by atoms with E-state index in [9.17, 15) is 4.79 Å². The highest BCUT2D eigenvalue weighted by molar-refractivity contribution is 5.98.